The minimum absolute atomic E-state index is 0.549. The lowest BCUT2D eigenvalue weighted by atomic mass is 10.1. The predicted molar refractivity (Wildman–Crippen MR) is 75.3 cm³/mol. The number of halogens is 1. The number of aromatic nitrogens is 3. The van der Waals surface area contributed by atoms with E-state index in [2.05, 4.69) is 26.1 Å². The van der Waals surface area contributed by atoms with Crippen molar-refractivity contribution in [1.82, 2.24) is 14.6 Å². The van der Waals surface area contributed by atoms with Crippen LogP contribution in [0, 0.1) is 0 Å². The molecular formula is C14H10BrN3O. The van der Waals surface area contributed by atoms with Gasteiger partial charge in [-0.3, -0.25) is 9.20 Å². The first-order valence-corrected chi connectivity index (χ1v) is 6.60. The molecular weight excluding hydrogens is 306 g/mol. The first-order chi connectivity index (χ1) is 9.29. The Labute approximate surface area is 118 Å². The van der Waals surface area contributed by atoms with Crippen LogP contribution in [-0.2, 0) is 6.42 Å². The average Bonchev–Trinajstić information content (AvgIpc) is 2.84. The fraction of sp³-hybridized carbons (Fsp3) is 0.0714. The topological polar surface area (TPSA) is 47.3 Å². The van der Waals surface area contributed by atoms with Crippen molar-refractivity contribution in [2.45, 2.75) is 6.42 Å². The van der Waals surface area contributed by atoms with Crippen molar-refractivity contribution < 1.29 is 4.79 Å². The molecule has 0 saturated heterocycles. The van der Waals surface area contributed by atoms with Crippen LogP contribution in [0.3, 0.4) is 0 Å². The van der Waals surface area contributed by atoms with E-state index in [1.54, 1.807) is 6.07 Å². The van der Waals surface area contributed by atoms with Gasteiger partial charge in [-0.25, -0.2) is 0 Å². The highest BCUT2D eigenvalue weighted by Gasteiger charge is 2.10. The molecule has 2 aromatic heterocycles. The summed E-state index contributed by atoms with van der Waals surface area (Å²) >= 11 is 3.52. The van der Waals surface area contributed by atoms with E-state index in [0.29, 0.717) is 17.6 Å². The Morgan fingerprint density at radius 3 is 2.79 bits per heavy atom. The van der Waals surface area contributed by atoms with Gasteiger partial charge in [0, 0.05) is 17.1 Å². The van der Waals surface area contributed by atoms with Gasteiger partial charge in [0.05, 0.1) is 5.56 Å². The summed E-state index contributed by atoms with van der Waals surface area (Å²) in [6.07, 6.45) is 3.33. The molecule has 0 aliphatic heterocycles. The maximum absolute atomic E-state index is 11.0. The van der Waals surface area contributed by atoms with Crippen LogP contribution in [0.2, 0.25) is 0 Å². The van der Waals surface area contributed by atoms with Gasteiger partial charge in [0.1, 0.15) is 5.82 Å². The van der Waals surface area contributed by atoms with Crippen molar-refractivity contribution >= 4 is 27.9 Å². The molecule has 0 unspecified atom stereocenters. The van der Waals surface area contributed by atoms with Crippen LogP contribution in [0.1, 0.15) is 21.7 Å². The van der Waals surface area contributed by atoms with Crippen molar-refractivity contribution in [2.75, 3.05) is 0 Å². The molecule has 2 heterocycles. The van der Waals surface area contributed by atoms with Gasteiger partial charge < -0.3 is 0 Å². The Kier molecular flexibility index (Phi) is 3.13. The molecule has 0 aliphatic carbocycles. The molecule has 3 rings (SSSR count). The molecule has 4 nitrogen and oxygen atoms in total. The van der Waals surface area contributed by atoms with Crippen molar-refractivity contribution in [3.05, 3.63) is 64.0 Å². The van der Waals surface area contributed by atoms with Crippen LogP contribution in [-0.4, -0.2) is 20.9 Å². The SMILES string of the molecule is O=Cc1cccn2c(Cc3ccccc3Br)nnc12. The number of hydrogen-bond acceptors (Lipinski definition) is 3. The van der Waals surface area contributed by atoms with Crippen LogP contribution in [0.25, 0.3) is 5.65 Å². The number of pyridine rings is 1. The molecule has 0 fully saturated rings. The van der Waals surface area contributed by atoms with E-state index in [1.807, 2.05) is 40.9 Å². The monoisotopic (exact) mass is 315 g/mol. The molecule has 0 saturated carbocycles. The standard InChI is InChI=1S/C14H10BrN3O/c15-12-6-2-1-4-10(12)8-13-16-17-14-11(9-19)5-3-7-18(13)14/h1-7,9H,8H2. The van der Waals surface area contributed by atoms with E-state index < -0.39 is 0 Å². The zero-order valence-corrected chi connectivity index (χ0v) is 11.5. The Hall–Kier alpha value is -2.01. The van der Waals surface area contributed by atoms with Crippen LogP contribution in [0.4, 0.5) is 0 Å². The third-order valence-electron chi connectivity index (χ3n) is 2.97. The quantitative estimate of drug-likeness (QED) is 0.698. The van der Waals surface area contributed by atoms with Crippen LogP contribution < -0.4 is 0 Å². The minimum atomic E-state index is 0.549. The second-order valence-corrected chi connectivity index (χ2v) is 5.01. The maximum Gasteiger partial charge on any atom is 0.171 e. The molecule has 0 bridgehead atoms. The van der Waals surface area contributed by atoms with Crippen molar-refractivity contribution in [2.24, 2.45) is 0 Å². The molecule has 3 aromatic rings. The third kappa shape index (κ3) is 2.17. The first kappa shape index (κ1) is 12.0. The number of benzene rings is 1. The molecule has 0 N–H and O–H groups in total. The Morgan fingerprint density at radius 1 is 1.16 bits per heavy atom. The number of fused-ring (bicyclic) bond motifs is 1. The summed E-state index contributed by atoms with van der Waals surface area (Å²) in [6.45, 7) is 0. The van der Waals surface area contributed by atoms with Crippen LogP contribution in [0.5, 0.6) is 0 Å². The molecule has 0 amide bonds. The largest absolute Gasteiger partial charge is 0.298 e. The highest BCUT2D eigenvalue weighted by molar-refractivity contribution is 9.10. The van der Waals surface area contributed by atoms with Crippen molar-refractivity contribution in [3.8, 4) is 0 Å². The summed E-state index contributed by atoms with van der Waals surface area (Å²) in [5, 5.41) is 8.26. The summed E-state index contributed by atoms with van der Waals surface area (Å²) < 4.78 is 2.89. The highest BCUT2D eigenvalue weighted by Crippen LogP contribution is 2.19. The molecule has 0 spiro atoms. The van der Waals surface area contributed by atoms with E-state index in [4.69, 9.17) is 0 Å². The van der Waals surface area contributed by atoms with E-state index >= 15 is 0 Å². The van der Waals surface area contributed by atoms with E-state index in [1.165, 1.54) is 0 Å². The minimum Gasteiger partial charge on any atom is -0.298 e. The number of hydrogen-bond donors (Lipinski definition) is 0. The second-order valence-electron chi connectivity index (χ2n) is 4.16. The van der Waals surface area contributed by atoms with Crippen LogP contribution in [0.15, 0.2) is 47.1 Å². The lowest BCUT2D eigenvalue weighted by Crippen LogP contribution is -1.98. The maximum atomic E-state index is 11.0. The van der Waals surface area contributed by atoms with Gasteiger partial charge in [-0.1, -0.05) is 34.1 Å². The zero-order chi connectivity index (χ0) is 13.2. The third-order valence-corrected chi connectivity index (χ3v) is 3.74. The van der Waals surface area contributed by atoms with Gasteiger partial charge >= 0.3 is 0 Å². The lowest BCUT2D eigenvalue weighted by Gasteiger charge is -2.03. The van der Waals surface area contributed by atoms with Gasteiger partial charge in [0.2, 0.25) is 0 Å². The Balaban J connectivity index is 2.07. The van der Waals surface area contributed by atoms with Crippen LogP contribution >= 0.6 is 15.9 Å². The number of nitrogens with zero attached hydrogens (tertiary/aromatic N) is 3. The molecule has 0 atom stereocenters. The molecule has 0 aliphatic rings. The van der Waals surface area contributed by atoms with Gasteiger partial charge in [-0.05, 0) is 23.8 Å². The smallest absolute Gasteiger partial charge is 0.171 e. The van der Waals surface area contributed by atoms with Crippen molar-refractivity contribution in [3.63, 3.8) is 0 Å². The number of carbonyl (C=O) groups is 1. The van der Waals surface area contributed by atoms with Gasteiger partial charge in [0.25, 0.3) is 0 Å². The molecule has 19 heavy (non-hydrogen) atoms. The van der Waals surface area contributed by atoms with Gasteiger partial charge in [-0.15, -0.1) is 10.2 Å². The van der Waals surface area contributed by atoms with E-state index in [-0.39, 0.29) is 0 Å². The molecule has 94 valence electrons. The number of rotatable bonds is 3. The van der Waals surface area contributed by atoms with E-state index in [9.17, 15) is 4.79 Å². The van der Waals surface area contributed by atoms with E-state index in [0.717, 1.165) is 22.1 Å². The second kappa shape index (κ2) is 4.93. The summed E-state index contributed by atoms with van der Waals surface area (Å²) in [6, 6.07) is 11.5. The predicted octanol–water partition coefficient (Wildman–Crippen LogP) is 2.90. The molecule has 1 aromatic carbocycles. The first-order valence-electron chi connectivity index (χ1n) is 5.81. The fourth-order valence-electron chi connectivity index (χ4n) is 2.01. The van der Waals surface area contributed by atoms with Crippen molar-refractivity contribution in [1.29, 1.82) is 0 Å². The summed E-state index contributed by atoms with van der Waals surface area (Å²) in [4.78, 5) is 11.0. The average molecular weight is 316 g/mol. The van der Waals surface area contributed by atoms with Gasteiger partial charge in [-0.2, -0.15) is 0 Å². The number of aldehydes is 1. The summed E-state index contributed by atoms with van der Waals surface area (Å²) in [7, 11) is 0. The molecule has 0 radical (unpaired) electrons. The lowest BCUT2D eigenvalue weighted by molar-refractivity contribution is 0.112. The van der Waals surface area contributed by atoms with Gasteiger partial charge in [0.15, 0.2) is 11.9 Å². The summed E-state index contributed by atoms with van der Waals surface area (Å²) in [5.74, 6) is 0.811. The fourth-order valence-corrected chi connectivity index (χ4v) is 2.43. The molecule has 5 heteroatoms. The normalized spacial score (nSPS) is 10.8. The Bertz CT molecular complexity index is 751. The highest BCUT2D eigenvalue weighted by atomic mass is 79.9. The zero-order valence-electron chi connectivity index (χ0n) is 9.95. The Morgan fingerprint density at radius 2 is 2.00 bits per heavy atom. The number of carbonyl (C=O) groups excluding carboxylic acids is 1. The summed E-state index contributed by atoms with van der Waals surface area (Å²) in [5.41, 5.74) is 2.28.